The summed E-state index contributed by atoms with van der Waals surface area (Å²) >= 11 is 0. The molecule has 0 fully saturated rings. The van der Waals surface area contributed by atoms with Crippen LogP contribution in [-0.4, -0.2) is 0 Å². The average molecular weight is 202 g/mol. The molecule has 0 aliphatic carbocycles. The fourth-order valence-corrected chi connectivity index (χ4v) is 0.383. The van der Waals surface area contributed by atoms with Gasteiger partial charge >= 0.3 is 0 Å². The summed E-state index contributed by atoms with van der Waals surface area (Å²) in [5, 5.41) is 10.2. The van der Waals surface area contributed by atoms with Crippen LogP contribution in [0.3, 0.4) is 0 Å². The van der Waals surface area contributed by atoms with E-state index in [1.165, 1.54) is 12.4 Å². The van der Waals surface area contributed by atoms with Crippen molar-refractivity contribution in [2.75, 3.05) is 0 Å². The molecule has 0 saturated heterocycles. The Balaban J connectivity index is 0.000000490. The maximum Gasteiger partial charge on any atom is 0.180 e. The Morgan fingerprint density at radius 2 is 1.50 bits per heavy atom. The van der Waals surface area contributed by atoms with Crippen LogP contribution in [0.1, 0.15) is 0 Å². The third-order valence-electron chi connectivity index (χ3n) is 0.688. The molecule has 1 rings (SSSR count). The van der Waals surface area contributed by atoms with Crippen molar-refractivity contribution in [1.29, 1.82) is 0 Å². The van der Waals surface area contributed by atoms with Gasteiger partial charge in [-0.15, -0.1) is 0 Å². The minimum absolute atomic E-state index is 0. The zero-order valence-electron chi connectivity index (χ0n) is 4.06. The van der Waals surface area contributed by atoms with Gasteiger partial charge in [0.1, 0.15) is 0 Å². The smallest absolute Gasteiger partial charge is 0.180 e. The van der Waals surface area contributed by atoms with E-state index in [9.17, 15) is 5.21 Å². The molecular formula is C5H5NOPd. The average Bonchev–Trinajstić information content (AvgIpc) is 1.69. The molecular weight excluding hydrogens is 196 g/mol. The summed E-state index contributed by atoms with van der Waals surface area (Å²) in [7, 11) is 0. The third kappa shape index (κ3) is 2.06. The van der Waals surface area contributed by atoms with Gasteiger partial charge in [-0.05, 0) is 0 Å². The Morgan fingerprint density at radius 1 is 1.00 bits per heavy atom. The summed E-state index contributed by atoms with van der Waals surface area (Å²) < 4.78 is 0.750. The molecule has 0 aliphatic heterocycles. The first-order valence-electron chi connectivity index (χ1n) is 2.03. The Labute approximate surface area is 61.4 Å². The van der Waals surface area contributed by atoms with Crippen molar-refractivity contribution < 1.29 is 25.2 Å². The molecule has 0 spiro atoms. The predicted molar refractivity (Wildman–Crippen MR) is 25.4 cm³/mol. The molecule has 0 saturated carbocycles. The van der Waals surface area contributed by atoms with E-state index in [0.717, 1.165) is 4.73 Å². The van der Waals surface area contributed by atoms with Gasteiger partial charge in [0.2, 0.25) is 0 Å². The third-order valence-corrected chi connectivity index (χ3v) is 0.688. The van der Waals surface area contributed by atoms with Crippen LogP contribution in [0.25, 0.3) is 0 Å². The van der Waals surface area contributed by atoms with Crippen molar-refractivity contribution in [3.63, 3.8) is 0 Å². The van der Waals surface area contributed by atoms with E-state index in [0.29, 0.717) is 0 Å². The Hall–Kier alpha value is -0.388. The van der Waals surface area contributed by atoms with Gasteiger partial charge in [-0.3, -0.25) is 0 Å². The Bertz CT molecular complexity index is 142. The number of pyridine rings is 1. The second kappa shape index (κ2) is 3.59. The van der Waals surface area contributed by atoms with Gasteiger partial charge < -0.3 is 5.21 Å². The van der Waals surface area contributed by atoms with Crippen LogP contribution in [-0.2, 0) is 20.4 Å². The van der Waals surface area contributed by atoms with Crippen molar-refractivity contribution >= 4 is 0 Å². The second-order valence-electron chi connectivity index (χ2n) is 1.24. The molecule has 46 valence electrons. The number of hydrogen-bond donors (Lipinski definition) is 0. The van der Waals surface area contributed by atoms with Gasteiger partial charge in [-0.1, -0.05) is 6.07 Å². The van der Waals surface area contributed by atoms with E-state index < -0.39 is 0 Å². The molecule has 0 bridgehead atoms. The topological polar surface area (TPSA) is 26.9 Å². The van der Waals surface area contributed by atoms with E-state index in [1.807, 2.05) is 0 Å². The largest absolute Gasteiger partial charge is 0.619 e. The molecule has 2 nitrogen and oxygen atoms in total. The number of aromatic nitrogens is 1. The molecule has 0 aliphatic rings. The summed E-state index contributed by atoms with van der Waals surface area (Å²) in [6.45, 7) is 0. The summed E-state index contributed by atoms with van der Waals surface area (Å²) in [4.78, 5) is 0. The number of rotatable bonds is 0. The normalized spacial score (nSPS) is 7.50. The zero-order valence-corrected chi connectivity index (χ0v) is 5.61. The molecule has 0 N–H and O–H groups in total. The Morgan fingerprint density at radius 3 is 1.75 bits per heavy atom. The van der Waals surface area contributed by atoms with Gasteiger partial charge in [0.25, 0.3) is 0 Å². The summed E-state index contributed by atoms with van der Waals surface area (Å²) in [5.41, 5.74) is 0. The van der Waals surface area contributed by atoms with Gasteiger partial charge in [-0.25, -0.2) is 0 Å². The van der Waals surface area contributed by atoms with E-state index in [-0.39, 0.29) is 20.4 Å². The molecule has 0 amide bonds. The predicted octanol–water partition coefficient (Wildman–Crippen LogP) is 0.318. The van der Waals surface area contributed by atoms with Gasteiger partial charge in [0.05, 0.1) is 0 Å². The van der Waals surface area contributed by atoms with Crippen LogP contribution in [0.2, 0.25) is 0 Å². The van der Waals surface area contributed by atoms with Crippen LogP contribution < -0.4 is 4.73 Å². The molecule has 0 radical (unpaired) electrons. The van der Waals surface area contributed by atoms with Crippen molar-refractivity contribution in [2.24, 2.45) is 0 Å². The van der Waals surface area contributed by atoms with Crippen LogP contribution in [0.5, 0.6) is 0 Å². The summed E-state index contributed by atoms with van der Waals surface area (Å²) in [6, 6.07) is 5.18. The van der Waals surface area contributed by atoms with Crippen LogP contribution in [0, 0.1) is 5.21 Å². The molecule has 0 atom stereocenters. The van der Waals surface area contributed by atoms with E-state index >= 15 is 0 Å². The van der Waals surface area contributed by atoms with E-state index in [4.69, 9.17) is 0 Å². The zero-order chi connectivity index (χ0) is 5.11. The summed E-state index contributed by atoms with van der Waals surface area (Å²) in [5.74, 6) is 0. The first kappa shape index (κ1) is 7.61. The van der Waals surface area contributed by atoms with Crippen molar-refractivity contribution in [3.8, 4) is 0 Å². The maximum absolute atomic E-state index is 10.2. The minimum atomic E-state index is 0. The standard InChI is InChI=1S/C5H5NO.Pd/c7-6-4-2-1-3-5-6;/h1-5H;. The molecule has 8 heavy (non-hydrogen) atoms. The molecule has 1 aromatic rings. The quantitative estimate of drug-likeness (QED) is 0.337. The monoisotopic (exact) mass is 201 g/mol. The second-order valence-corrected chi connectivity index (χ2v) is 1.24. The number of hydrogen-bond acceptors (Lipinski definition) is 1. The van der Waals surface area contributed by atoms with Crippen LogP contribution >= 0.6 is 0 Å². The Kier molecular flexibility index (Phi) is 3.42. The molecule has 0 unspecified atom stereocenters. The summed E-state index contributed by atoms with van der Waals surface area (Å²) in [6.07, 6.45) is 2.89. The molecule has 0 aromatic carbocycles. The fourth-order valence-electron chi connectivity index (χ4n) is 0.383. The van der Waals surface area contributed by atoms with Crippen molar-refractivity contribution in [1.82, 2.24) is 0 Å². The molecule has 1 aromatic heterocycles. The maximum atomic E-state index is 10.2. The fraction of sp³-hybridized carbons (Fsp3) is 0. The number of nitrogens with zero attached hydrogens (tertiary/aromatic N) is 1. The SMILES string of the molecule is [O-][n+]1ccccc1.[Pd]. The van der Waals surface area contributed by atoms with E-state index in [1.54, 1.807) is 18.2 Å². The van der Waals surface area contributed by atoms with Gasteiger partial charge in [-0.2, -0.15) is 4.73 Å². The molecule has 3 heteroatoms. The van der Waals surface area contributed by atoms with Crippen molar-refractivity contribution in [3.05, 3.63) is 35.8 Å². The van der Waals surface area contributed by atoms with Gasteiger partial charge in [0.15, 0.2) is 12.4 Å². The minimum Gasteiger partial charge on any atom is -0.619 e. The van der Waals surface area contributed by atoms with Crippen molar-refractivity contribution in [2.45, 2.75) is 0 Å². The first-order chi connectivity index (χ1) is 3.39. The van der Waals surface area contributed by atoms with Gasteiger partial charge in [0, 0.05) is 32.6 Å². The first-order valence-corrected chi connectivity index (χ1v) is 2.03. The van der Waals surface area contributed by atoms with Crippen LogP contribution in [0.4, 0.5) is 0 Å². The molecule has 1 heterocycles. The van der Waals surface area contributed by atoms with Crippen LogP contribution in [0.15, 0.2) is 30.6 Å². The van der Waals surface area contributed by atoms with E-state index in [2.05, 4.69) is 0 Å².